The van der Waals surface area contributed by atoms with Gasteiger partial charge < -0.3 is 9.47 Å². The maximum absolute atomic E-state index is 5.52. The Kier molecular flexibility index (Phi) is 2.81. The Labute approximate surface area is 112 Å². The Bertz CT molecular complexity index is 636. The van der Waals surface area contributed by atoms with Crippen LogP contribution in [0.15, 0.2) is 12.1 Å². The number of benzene rings is 1. The molecule has 100 valence electrons. The number of rotatable bonds is 2. The molecule has 0 saturated heterocycles. The van der Waals surface area contributed by atoms with Crippen molar-refractivity contribution in [2.24, 2.45) is 0 Å². The summed E-state index contributed by atoms with van der Waals surface area (Å²) >= 11 is 0. The molecule has 1 aliphatic heterocycles. The van der Waals surface area contributed by atoms with E-state index < -0.39 is 0 Å². The summed E-state index contributed by atoms with van der Waals surface area (Å²) in [6, 6.07) is 3.85. The van der Waals surface area contributed by atoms with Crippen molar-refractivity contribution in [2.45, 2.75) is 39.5 Å². The topological polar surface area (TPSA) is 44.2 Å². The van der Waals surface area contributed by atoms with Crippen LogP contribution in [-0.2, 0) is 0 Å². The molecule has 19 heavy (non-hydrogen) atoms. The predicted molar refractivity (Wildman–Crippen MR) is 73.8 cm³/mol. The van der Waals surface area contributed by atoms with Crippen molar-refractivity contribution in [1.29, 1.82) is 0 Å². The Morgan fingerprint density at radius 2 is 1.63 bits per heavy atom. The Balaban J connectivity index is 2.30. The molecule has 0 aliphatic carbocycles. The third kappa shape index (κ3) is 1.91. The fourth-order valence-electron chi connectivity index (χ4n) is 2.36. The highest BCUT2D eigenvalue weighted by molar-refractivity contribution is 5.85. The molecule has 4 heteroatoms. The van der Waals surface area contributed by atoms with Gasteiger partial charge in [-0.1, -0.05) is 27.7 Å². The molecule has 1 aromatic heterocycles. The van der Waals surface area contributed by atoms with E-state index in [1.807, 2.05) is 12.1 Å². The summed E-state index contributed by atoms with van der Waals surface area (Å²) in [5, 5.41) is 0. The van der Waals surface area contributed by atoms with E-state index in [0.717, 1.165) is 33.9 Å². The monoisotopic (exact) mass is 258 g/mol. The van der Waals surface area contributed by atoms with E-state index in [1.54, 1.807) is 0 Å². The highest BCUT2D eigenvalue weighted by atomic mass is 16.7. The van der Waals surface area contributed by atoms with E-state index in [9.17, 15) is 0 Å². The van der Waals surface area contributed by atoms with Crippen molar-refractivity contribution in [3.05, 3.63) is 23.5 Å². The molecule has 0 radical (unpaired) electrons. The summed E-state index contributed by atoms with van der Waals surface area (Å²) in [6.45, 7) is 8.84. The number of hydrogen-bond donors (Lipinski definition) is 0. The van der Waals surface area contributed by atoms with Gasteiger partial charge in [0, 0.05) is 0 Å². The standard InChI is InChI=1S/C15H18N2O2/c1-8(2)12-13(9(3)4)17-14-10(16-12)5-6-11-15(14)19-7-18-11/h5-6,8-9H,7H2,1-4H3. The van der Waals surface area contributed by atoms with Crippen LogP contribution in [0.25, 0.3) is 11.0 Å². The minimum Gasteiger partial charge on any atom is -0.454 e. The molecule has 1 aromatic carbocycles. The SMILES string of the molecule is CC(C)c1nc2ccc3c(c2nc1C(C)C)OCO3. The van der Waals surface area contributed by atoms with Crippen LogP contribution in [0.4, 0.5) is 0 Å². The first kappa shape index (κ1) is 12.2. The van der Waals surface area contributed by atoms with Crippen LogP contribution in [0.5, 0.6) is 11.5 Å². The summed E-state index contributed by atoms with van der Waals surface area (Å²) in [5.74, 6) is 2.18. The van der Waals surface area contributed by atoms with E-state index in [0.29, 0.717) is 11.8 Å². The molecule has 0 N–H and O–H groups in total. The van der Waals surface area contributed by atoms with E-state index in [2.05, 4.69) is 27.7 Å². The molecular formula is C15H18N2O2. The predicted octanol–water partition coefficient (Wildman–Crippen LogP) is 3.61. The van der Waals surface area contributed by atoms with Crippen LogP contribution in [-0.4, -0.2) is 16.8 Å². The van der Waals surface area contributed by atoms with Gasteiger partial charge >= 0.3 is 0 Å². The second-order valence-corrected chi connectivity index (χ2v) is 5.47. The first-order valence-corrected chi connectivity index (χ1v) is 6.68. The van der Waals surface area contributed by atoms with Crippen molar-refractivity contribution < 1.29 is 9.47 Å². The van der Waals surface area contributed by atoms with Gasteiger partial charge in [0.2, 0.25) is 6.79 Å². The molecule has 2 heterocycles. The normalized spacial score (nSPS) is 13.8. The molecule has 0 atom stereocenters. The van der Waals surface area contributed by atoms with E-state index in [4.69, 9.17) is 19.4 Å². The molecular weight excluding hydrogens is 240 g/mol. The average Bonchev–Trinajstić information content (AvgIpc) is 2.85. The zero-order valence-electron chi connectivity index (χ0n) is 11.7. The van der Waals surface area contributed by atoms with Gasteiger partial charge in [-0.15, -0.1) is 0 Å². The van der Waals surface area contributed by atoms with Crippen molar-refractivity contribution in [3.8, 4) is 11.5 Å². The highest BCUT2D eigenvalue weighted by Crippen LogP contribution is 2.38. The molecule has 1 aliphatic rings. The number of hydrogen-bond acceptors (Lipinski definition) is 4. The van der Waals surface area contributed by atoms with Crippen LogP contribution in [0.3, 0.4) is 0 Å². The first-order valence-electron chi connectivity index (χ1n) is 6.68. The number of ether oxygens (including phenoxy) is 2. The fourth-order valence-corrected chi connectivity index (χ4v) is 2.36. The highest BCUT2D eigenvalue weighted by Gasteiger charge is 2.22. The van der Waals surface area contributed by atoms with Gasteiger partial charge in [-0.3, -0.25) is 0 Å². The Morgan fingerprint density at radius 3 is 2.32 bits per heavy atom. The first-order chi connectivity index (χ1) is 9.08. The van der Waals surface area contributed by atoms with Crippen molar-refractivity contribution >= 4 is 11.0 Å². The molecule has 0 fully saturated rings. The van der Waals surface area contributed by atoms with Gasteiger partial charge in [0.05, 0.1) is 16.9 Å². The lowest BCUT2D eigenvalue weighted by Gasteiger charge is -2.15. The minimum atomic E-state index is 0.263. The molecule has 4 nitrogen and oxygen atoms in total. The number of nitrogens with zero attached hydrogens (tertiary/aromatic N) is 2. The van der Waals surface area contributed by atoms with E-state index in [1.165, 1.54) is 0 Å². The lowest BCUT2D eigenvalue weighted by molar-refractivity contribution is 0.174. The van der Waals surface area contributed by atoms with Crippen molar-refractivity contribution in [1.82, 2.24) is 9.97 Å². The Hall–Kier alpha value is -1.84. The van der Waals surface area contributed by atoms with E-state index in [-0.39, 0.29) is 6.79 Å². The Morgan fingerprint density at radius 1 is 0.947 bits per heavy atom. The molecule has 0 spiro atoms. The summed E-state index contributed by atoms with van der Waals surface area (Å²) in [6.07, 6.45) is 0. The second-order valence-electron chi connectivity index (χ2n) is 5.47. The second kappa shape index (κ2) is 4.37. The van der Waals surface area contributed by atoms with Gasteiger partial charge in [-0.2, -0.15) is 0 Å². The zero-order valence-corrected chi connectivity index (χ0v) is 11.7. The number of aromatic nitrogens is 2. The summed E-state index contributed by atoms with van der Waals surface area (Å²) in [5.41, 5.74) is 3.80. The molecule has 0 unspecified atom stereocenters. The van der Waals surface area contributed by atoms with Crippen LogP contribution in [0.2, 0.25) is 0 Å². The van der Waals surface area contributed by atoms with Crippen molar-refractivity contribution in [2.75, 3.05) is 6.79 Å². The van der Waals surface area contributed by atoms with Gasteiger partial charge in [0.15, 0.2) is 11.5 Å². The molecule has 0 amide bonds. The third-order valence-corrected chi connectivity index (χ3v) is 3.32. The molecule has 3 rings (SSSR count). The molecule has 0 saturated carbocycles. The van der Waals surface area contributed by atoms with Gasteiger partial charge in [0.1, 0.15) is 5.52 Å². The number of fused-ring (bicyclic) bond motifs is 3. The van der Waals surface area contributed by atoms with E-state index >= 15 is 0 Å². The van der Waals surface area contributed by atoms with Gasteiger partial charge in [-0.05, 0) is 24.0 Å². The zero-order chi connectivity index (χ0) is 13.6. The minimum absolute atomic E-state index is 0.263. The van der Waals surface area contributed by atoms with Crippen LogP contribution < -0.4 is 9.47 Å². The molecule has 2 aromatic rings. The van der Waals surface area contributed by atoms with Crippen LogP contribution >= 0.6 is 0 Å². The quantitative estimate of drug-likeness (QED) is 0.825. The summed E-state index contributed by atoms with van der Waals surface area (Å²) in [7, 11) is 0. The third-order valence-electron chi connectivity index (χ3n) is 3.32. The van der Waals surface area contributed by atoms with Gasteiger partial charge in [-0.25, -0.2) is 9.97 Å². The van der Waals surface area contributed by atoms with Crippen LogP contribution in [0.1, 0.15) is 50.9 Å². The van der Waals surface area contributed by atoms with Gasteiger partial charge in [0.25, 0.3) is 0 Å². The maximum atomic E-state index is 5.52. The molecule has 0 bridgehead atoms. The largest absolute Gasteiger partial charge is 0.454 e. The lowest BCUT2D eigenvalue weighted by atomic mass is 10.00. The summed E-state index contributed by atoms with van der Waals surface area (Å²) < 4.78 is 10.9. The smallest absolute Gasteiger partial charge is 0.231 e. The van der Waals surface area contributed by atoms with Crippen LogP contribution in [0, 0.1) is 0 Å². The average molecular weight is 258 g/mol. The lowest BCUT2D eigenvalue weighted by Crippen LogP contribution is -2.06. The fraction of sp³-hybridized carbons (Fsp3) is 0.467. The summed E-state index contributed by atoms with van der Waals surface area (Å²) in [4.78, 5) is 9.58. The van der Waals surface area contributed by atoms with Crippen molar-refractivity contribution in [3.63, 3.8) is 0 Å². The maximum Gasteiger partial charge on any atom is 0.231 e.